The molecule has 74 valence electrons. The minimum atomic E-state index is -0.216. The maximum atomic E-state index is 5.59. The quantitative estimate of drug-likeness (QED) is 0.821. The van der Waals surface area contributed by atoms with Crippen LogP contribution in [0, 0.1) is 0 Å². The molecule has 0 fully saturated rings. The van der Waals surface area contributed by atoms with Crippen LogP contribution in [-0.2, 0) is 6.42 Å². The van der Waals surface area contributed by atoms with E-state index in [1.165, 1.54) is 0 Å². The number of nitrogens with zero attached hydrogens (tertiary/aromatic N) is 3. The first kappa shape index (κ1) is 9.29. The third-order valence-electron chi connectivity index (χ3n) is 1.70. The van der Waals surface area contributed by atoms with Crippen molar-refractivity contribution < 1.29 is 4.52 Å². The third-order valence-corrected chi connectivity index (χ3v) is 2.33. The fourth-order valence-corrected chi connectivity index (χ4v) is 1.57. The third kappa shape index (κ3) is 1.97. The molecule has 0 saturated carbocycles. The van der Waals surface area contributed by atoms with Crippen LogP contribution < -0.4 is 5.73 Å². The summed E-state index contributed by atoms with van der Waals surface area (Å²) in [6, 6.07) is -0.216. The molecule has 0 aliphatic heterocycles. The summed E-state index contributed by atoms with van der Waals surface area (Å²) in [7, 11) is 0. The van der Waals surface area contributed by atoms with Crippen molar-refractivity contribution in [2.45, 2.75) is 19.4 Å². The van der Waals surface area contributed by atoms with Crippen molar-refractivity contribution in [1.29, 1.82) is 0 Å². The SMILES string of the molecule is CC(N)c1nc(Cc2cscn2)no1. The summed E-state index contributed by atoms with van der Waals surface area (Å²) in [6.45, 7) is 1.81. The Kier molecular flexibility index (Phi) is 2.55. The molecule has 6 heteroatoms. The fourth-order valence-electron chi connectivity index (χ4n) is 1.01. The Labute approximate surface area is 85.0 Å². The molecule has 1 unspecified atom stereocenters. The topological polar surface area (TPSA) is 77.8 Å². The summed E-state index contributed by atoms with van der Waals surface area (Å²) < 4.78 is 4.96. The molecular formula is C8H10N4OS. The van der Waals surface area contributed by atoms with Gasteiger partial charge in [0.05, 0.1) is 23.7 Å². The van der Waals surface area contributed by atoms with Gasteiger partial charge in [0.2, 0.25) is 5.89 Å². The largest absolute Gasteiger partial charge is 0.338 e. The van der Waals surface area contributed by atoms with E-state index in [1.54, 1.807) is 23.8 Å². The van der Waals surface area contributed by atoms with E-state index in [4.69, 9.17) is 10.3 Å². The Bertz CT molecular complexity index is 395. The standard InChI is InChI=1S/C8H10N4OS/c1-5(9)8-11-7(12-13-8)2-6-3-14-4-10-6/h3-5H,2,9H2,1H3. The first-order chi connectivity index (χ1) is 6.75. The second-order valence-electron chi connectivity index (χ2n) is 2.99. The summed E-state index contributed by atoms with van der Waals surface area (Å²) in [6.07, 6.45) is 0.597. The Balaban J connectivity index is 2.11. The second-order valence-corrected chi connectivity index (χ2v) is 3.71. The van der Waals surface area contributed by atoms with Gasteiger partial charge in [-0.1, -0.05) is 5.16 Å². The van der Waals surface area contributed by atoms with Crippen molar-refractivity contribution in [2.24, 2.45) is 5.73 Å². The molecule has 14 heavy (non-hydrogen) atoms. The van der Waals surface area contributed by atoms with Crippen molar-refractivity contribution in [1.82, 2.24) is 15.1 Å². The Morgan fingerprint density at radius 1 is 1.64 bits per heavy atom. The Morgan fingerprint density at radius 3 is 3.07 bits per heavy atom. The van der Waals surface area contributed by atoms with Gasteiger partial charge in [0.25, 0.3) is 0 Å². The summed E-state index contributed by atoms with van der Waals surface area (Å²) in [5, 5.41) is 5.77. The van der Waals surface area contributed by atoms with E-state index >= 15 is 0 Å². The lowest BCUT2D eigenvalue weighted by Gasteiger charge is -1.92. The summed E-state index contributed by atoms with van der Waals surface area (Å²) in [4.78, 5) is 8.28. The van der Waals surface area contributed by atoms with Gasteiger partial charge in [0.1, 0.15) is 0 Å². The highest BCUT2D eigenvalue weighted by Crippen LogP contribution is 2.10. The van der Waals surface area contributed by atoms with E-state index in [9.17, 15) is 0 Å². The number of hydrogen-bond donors (Lipinski definition) is 1. The summed E-state index contributed by atoms with van der Waals surface area (Å²) in [5.41, 5.74) is 8.32. The minimum Gasteiger partial charge on any atom is -0.338 e. The van der Waals surface area contributed by atoms with Crippen LogP contribution in [0.15, 0.2) is 15.4 Å². The molecule has 0 amide bonds. The lowest BCUT2D eigenvalue weighted by atomic mass is 10.3. The Hall–Kier alpha value is -1.27. The predicted octanol–water partition coefficient (Wildman–Crippen LogP) is 1.14. The molecule has 1 atom stereocenters. The average Bonchev–Trinajstić information content (AvgIpc) is 2.75. The molecule has 2 heterocycles. The van der Waals surface area contributed by atoms with E-state index in [0.717, 1.165) is 5.69 Å². The van der Waals surface area contributed by atoms with Crippen LogP contribution in [0.25, 0.3) is 0 Å². The highest BCUT2D eigenvalue weighted by atomic mass is 32.1. The van der Waals surface area contributed by atoms with Crippen LogP contribution in [0.4, 0.5) is 0 Å². The monoisotopic (exact) mass is 210 g/mol. The first-order valence-corrected chi connectivity index (χ1v) is 5.15. The second kappa shape index (κ2) is 3.85. The molecule has 0 aromatic carbocycles. The zero-order valence-electron chi connectivity index (χ0n) is 7.67. The van der Waals surface area contributed by atoms with Crippen LogP contribution in [0.3, 0.4) is 0 Å². The lowest BCUT2D eigenvalue weighted by molar-refractivity contribution is 0.357. The molecule has 2 N–H and O–H groups in total. The van der Waals surface area contributed by atoms with Gasteiger partial charge >= 0.3 is 0 Å². The highest BCUT2D eigenvalue weighted by Gasteiger charge is 2.10. The molecule has 0 spiro atoms. The van der Waals surface area contributed by atoms with E-state index in [1.807, 2.05) is 5.38 Å². The zero-order chi connectivity index (χ0) is 9.97. The highest BCUT2D eigenvalue weighted by molar-refractivity contribution is 7.07. The Morgan fingerprint density at radius 2 is 2.50 bits per heavy atom. The number of rotatable bonds is 3. The van der Waals surface area contributed by atoms with Crippen LogP contribution in [0.1, 0.15) is 30.4 Å². The van der Waals surface area contributed by atoms with Crippen LogP contribution in [-0.4, -0.2) is 15.1 Å². The van der Waals surface area contributed by atoms with Gasteiger partial charge in [-0.3, -0.25) is 0 Å². The van der Waals surface area contributed by atoms with Gasteiger partial charge in [0.15, 0.2) is 5.82 Å². The number of hydrogen-bond acceptors (Lipinski definition) is 6. The molecule has 0 saturated heterocycles. The van der Waals surface area contributed by atoms with E-state index < -0.39 is 0 Å². The van der Waals surface area contributed by atoms with Crippen molar-refractivity contribution >= 4 is 11.3 Å². The summed E-state index contributed by atoms with van der Waals surface area (Å²) in [5.74, 6) is 1.10. The fraction of sp³-hybridized carbons (Fsp3) is 0.375. The normalized spacial score (nSPS) is 13.0. The summed E-state index contributed by atoms with van der Waals surface area (Å²) >= 11 is 1.55. The van der Waals surface area contributed by atoms with Gasteiger partial charge in [-0.25, -0.2) is 4.98 Å². The molecule has 0 aliphatic rings. The zero-order valence-corrected chi connectivity index (χ0v) is 8.49. The maximum Gasteiger partial charge on any atom is 0.243 e. The van der Waals surface area contributed by atoms with Crippen LogP contribution >= 0.6 is 11.3 Å². The minimum absolute atomic E-state index is 0.216. The van der Waals surface area contributed by atoms with Crippen LogP contribution in [0.5, 0.6) is 0 Å². The lowest BCUT2D eigenvalue weighted by Crippen LogP contribution is -2.05. The molecule has 2 rings (SSSR count). The van der Waals surface area contributed by atoms with Crippen molar-refractivity contribution in [2.75, 3.05) is 0 Å². The van der Waals surface area contributed by atoms with Gasteiger partial charge in [-0.15, -0.1) is 11.3 Å². The number of nitrogens with two attached hydrogens (primary N) is 1. The predicted molar refractivity (Wildman–Crippen MR) is 51.8 cm³/mol. The van der Waals surface area contributed by atoms with Gasteiger partial charge < -0.3 is 10.3 Å². The molecular weight excluding hydrogens is 200 g/mol. The van der Waals surface area contributed by atoms with Gasteiger partial charge in [-0.2, -0.15) is 4.98 Å². The molecule has 0 bridgehead atoms. The smallest absolute Gasteiger partial charge is 0.243 e. The molecule has 2 aromatic heterocycles. The first-order valence-electron chi connectivity index (χ1n) is 4.21. The van der Waals surface area contributed by atoms with E-state index in [0.29, 0.717) is 18.1 Å². The maximum absolute atomic E-state index is 5.59. The van der Waals surface area contributed by atoms with Crippen molar-refractivity contribution in [3.05, 3.63) is 28.3 Å². The van der Waals surface area contributed by atoms with E-state index in [-0.39, 0.29) is 6.04 Å². The molecule has 5 nitrogen and oxygen atoms in total. The van der Waals surface area contributed by atoms with Gasteiger partial charge in [0, 0.05) is 5.38 Å². The van der Waals surface area contributed by atoms with Gasteiger partial charge in [-0.05, 0) is 6.92 Å². The van der Waals surface area contributed by atoms with Crippen molar-refractivity contribution in [3.8, 4) is 0 Å². The molecule has 2 aromatic rings. The van der Waals surface area contributed by atoms with Crippen molar-refractivity contribution in [3.63, 3.8) is 0 Å². The van der Waals surface area contributed by atoms with E-state index in [2.05, 4.69) is 15.1 Å². The number of thiazole rings is 1. The average molecular weight is 210 g/mol. The molecule has 0 aliphatic carbocycles. The van der Waals surface area contributed by atoms with Crippen LogP contribution in [0.2, 0.25) is 0 Å². The molecule has 0 radical (unpaired) electrons. The number of aromatic nitrogens is 3.